The predicted octanol–water partition coefficient (Wildman–Crippen LogP) is 3.74. The highest BCUT2D eigenvalue weighted by molar-refractivity contribution is 9.10. The Morgan fingerprint density at radius 3 is 2.50 bits per heavy atom. The van der Waals surface area contributed by atoms with E-state index < -0.39 is 0 Å². The Labute approximate surface area is 109 Å². The van der Waals surface area contributed by atoms with Crippen LogP contribution >= 0.6 is 28.6 Å². The van der Waals surface area contributed by atoms with E-state index in [2.05, 4.69) is 28.6 Å². The Balaban J connectivity index is 0.000000606. The zero-order valence-corrected chi connectivity index (χ0v) is 11.7. The summed E-state index contributed by atoms with van der Waals surface area (Å²) >= 11 is 6.95. The fraction of sp³-hybridized carbons (Fsp3) is 0.167. The molecule has 4 heteroatoms. The normalized spacial score (nSPS) is 9.50. The van der Waals surface area contributed by atoms with Crippen LogP contribution in [0.5, 0.6) is 5.75 Å². The van der Waals surface area contributed by atoms with Gasteiger partial charge in [0.2, 0.25) is 0 Å². The smallest absolute Gasteiger partial charge is 0.142 e. The molecule has 2 nitrogen and oxygen atoms in total. The lowest BCUT2D eigenvalue weighted by molar-refractivity contribution is 0.417. The number of hydrogen-bond acceptors (Lipinski definition) is 3. The molecule has 0 aliphatic rings. The molecule has 0 radical (unpaired) electrons. The van der Waals surface area contributed by atoms with Crippen LogP contribution < -0.4 is 10.5 Å². The first-order valence-electron chi connectivity index (χ1n) is 4.69. The van der Waals surface area contributed by atoms with Gasteiger partial charge in [0.15, 0.2) is 0 Å². The van der Waals surface area contributed by atoms with Gasteiger partial charge in [-0.1, -0.05) is 28.1 Å². The second-order valence-corrected chi connectivity index (χ2v) is 3.96. The number of ether oxygens (including phenoxy) is 1. The Bertz CT molecular complexity index is 488. The maximum absolute atomic E-state index is 5.94. The standard InChI is InChI=1S/C11H10BrNO.CH4S/c1-14-10-5-2-7-6-8(12)3-4-9(7)11(10)13;1-2/h2-6H,13H2,1H3;2H,1H3. The van der Waals surface area contributed by atoms with Crippen LogP contribution in [0, 0.1) is 0 Å². The number of methoxy groups -OCH3 is 1. The highest BCUT2D eigenvalue weighted by Gasteiger charge is 2.04. The average Bonchev–Trinajstić information content (AvgIpc) is 2.32. The Morgan fingerprint density at radius 2 is 1.88 bits per heavy atom. The predicted molar refractivity (Wildman–Crippen MR) is 77.5 cm³/mol. The van der Waals surface area contributed by atoms with Gasteiger partial charge in [-0.2, -0.15) is 12.6 Å². The van der Waals surface area contributed by atoms with Crippen molar-refractivity contribution < 1.29 is 4.74 Å². The minimum absolute atomic E-state index is 0.692. The van der Waals surface area contributed by atoms with Crippen molar-refractivity contribution in [1.82, 2.24) is 0 Å². The number of nitrogens with two attached hydrogens (primary N) is 1. The fourth-order valence-corrected chi connectivity index (χ4v) is 1.86. The molecule has 0 bridgehead atoms. The lowest BCUT2D eigenvalue weighted by atomic mass is 10.1. The molecule has 0 saturated heterocycles. The van der Waals surface area contributed by atoms with Gasteiger partial charge in [-0.3, -0.25) is 0 Å². The minimum Gasteiger partial charge on any atom is -0.495 e. The van der Waals surface area contributed by atoms with E-state index >= 15 is 0 Å². The third kappa shape index (κ3) is 2.62. The van der Waals surface area contributed by atoms with Gasteiger partial charge in [0.1, 0.15) is 5.75 Å². The van der Waals surface area contributed by atoms with Crippen LogP contribution in [-0.4, -0.2) is 13.4 Å². The van der Waals surface area contributed by atoms with Crippen LogP contribution in [0.1, 0.15) is 0 Å². The molecule has 2 aromatic carbocycles. The monoisotopic (exact) mass is 299 g/mol. The largest absolute Gasteiger partial charge is 0.495 e. The van der Waals surface area contributed by atoms with Gasteiger partial charge in [-0.05, 0) is 29.8 Å². The summed E-state index contributed by atoms with van der Waals surface area (Å²) in [5.41, 5.74) is 6.63. The summed E-state index contributed by atoms with van der Waals surface area (Å²) in [4.78, 5) is 0. The highest BCUT2D eigenvalue weighted by atomic mass is 79.9. The number of nitrogen functional groups attached to an aromatic ring is 1. The van der Waals surface area contributed by atoms with Crippen LogP contribution in [0.3, 0.4) is 0 Å². The second-order valence-electron chi connectivity index (χ2n) is 3.05. The van der Waals surface area contributed by atoms with Gasteiger partial charge in [0, 0.05) is 9.86 Å². The van der Waals surface area contributed by atoms with E-state index in [-0.39, 0.29) is 0 Å². The maximum atomic E-state index is 5.94. The van der Waals surface area contributed by atoms with Gasteiger partial charge in [0.25, 0.3) is 0 Å². The Morgan fingerprint density at radius 1 is 1.19 bits per heavy atom. The third-order valence-corrected chi connectivity index (χ3v) is 2.70. The van der Waals surface area contributed by atoms with Crippen molar-refractivity contribution in [1.29, 1.82) is 0 Å². The molecule has 0 atom stereocenters. The van der Waals surface area contributed by atoms with Crippen LogP contribution in [0.25, 0.3) is 10.8 Å². The number of rotatable bonds is 1. The lowest BCUT2D eigenvalue weighted by Crippen LogP contribution is -1.93. The Kier molecular flexibility index (Phi) is 4.96. The van der Waals surface area contributed by atoms with E-state index in [9.17, 15) is 0 Å². The molecule has 0 unspecified atom stereocenters. The molecule has 0 heterocycles. The van der Waals surface area contributed by atoms with E-state index in [0.29, 0.717) is 5.69 Å². The average molecular weight is 300 g/mol. The summed E-state index contributed by atoms with van der Waals surface area (Å²) in [5, 5.41) is 2.13. The summed E-state index contributed by atoms with van der Waals surface area (Å²) in [6.07, 6.45) is 1.69. The van der Waals surface area contributed by atoms with E-state index in [0.717, 1.165) is 21.0 Å². The SMILES string of the molecule is COc1ccc2cc(Br)ccc2c1N.CS. The van der Waals surface area contributed by atoms with Crippen molar-refractivity contribution in [2.75, 3.05) is 19.1 Å². The topological polar surface area (TPSA) is 35.2 Å². The number of halogens is 1. The molecule has 0 fully saturated rings. The lowest BCUT2D eigenvalue weighted by Gasteiger charge is -2.07. The summed E-state index contributed by atoms with van der Waals surface area (Å²) < 4.78 is 6.20. The molecule has 16 heavy (non-hydrogen) atoms. The van der Waals surface area contributed by atoms with Gasteiger partial charge in [0.05, 0.1) is 12.8 Å². The number of hydrogen-bond donors (Lipinski definition) is 2. The third-order valence-electron chi connectivity index (χ3n) is 2.20. The summed E-state index contributed by atoms with van der Waals surface area (Å²) in [6, 6.07) is 9.86. The molecule has 86 valence electrons. The zero-order valence-electron chi connectivity index (χ0n) is 9.20. The molecule has 0 amide bonds. The highest BCUT2D eigenvalue weighted by Crippen LogP contribution is 2.31. The number of benzene rings is 2. The van der Waals surface area contributed by atoms with Crippen molar-refractivity contribution >= 4 is 45.0 Å². The van der Waals surface area contributed by atoms with Gasteiger partial charge < -0.3 is 10.5 Å². The molecular weight excluding hydrogens is 286 g/mol. The first kappa shape index (κ1) is 13.2. The van der Waals surface area contributed by atoms with Gasteiger partial charge in [-0.25, -0.2) is 0 Å². The van der Waals surface area contributed by atoms with Crippen LogP contribution in [-0.2, 0) is 0 Å². The van der Waals surface area contributed by atoms with E-state index in [1.54, 1.807) is 13.4 Å². The molecule has 0 saturated carbocycles. The Hall–Kier alpha value is -0.870. The maximum Gasteiger partial charge on any atom is 0.142 e. The number of thiol groups is 1. The molecule has 0 spiro atoms. The first-order valence-corrected chi connectivity index (χ1v) is 6.37. The minimum atomic E-state index is 0.692. The summed E-state index contributed by atoms with van der Waals surface area (Å²) in [6.45, 7) is 0. The van der Waals surface area contributed by atoms with Gasteiger partial charge in [-0.15, -0.1) is 0 Å². The molecule has 2 rings (SSSR count). The van der Waals surface area contributed by atoms with E-state index in [4.69, 9.17) is 10.5 Å². The zero-order chi connectivity index (χ0) is 12.1. The van der Waals surface area contributed by atoms with Crippen molar-refractivity contribution in [3.63, 3.8) is 0 Å². The number of anilines is 1. The molecule has 0 aliphatic heterocycles. The van der Waals surface area contributed by atoms with Crippen molar-refractivity contribution in [3.05, 3.63) is 34.8 Å². The van der Waals surface area contributed by atoms with E-state index in [1.165, 1.54) is 0 Å². The van der Waals surface area contributed by atoms with Crippen LogP contribution in [0.4, 0.5) is 5.69 Å². The van der Waals surface area contributed by atoms with Crippen LogP contribution in [0.15, 0.2) is 34.8 Å². The van der Waals surface area contributed by atoms with Crippen molar-refractivity contribution in [2.45, 2.75) is 0 Å². The van der Waals surface area contributed by atoms with Crippen molar-refractivity contribution in [3.8, 4) is 5.75 Å². The molecule has 2 N–H and O–H groups in total. The van der Waals surface area contributed by atoms with Gasteiger partial charge >= 0.3 is 0 Å². The fourth-order valence-electron chi connectivity index (χ4n) is 1.48. The van der Waals surface area contributed by atoms with E-state index in [1.807, 2.05) is 30.3 Å². The number of fused-ring (bicyclic) bond motifs is 1. The second kappa shape index (κ2) is 6.01. The molecule has 0 aliphatic carbocycles. The molecule has 2 aromatic rings. The molecular formula is C12H14BrNOS. The molecule has 0 aromatic heterocycles. The van der Waals surface area contributed by atoms with Crippen molar-refractivity contribution in [2.24, 2.45) is 0 Å². The first-order chi connectivity index (χ1) is 7.72. The quantitative estimate of drug-likeness (QED) is 0.621. The van der Waals surface area contributed by atoms with Crippen LogP contribution in [0.2, 0.25) is 0 Å². The summed E-state index contributed by atoms with van der Waals surface area (Å²) in [7, 11) is 1.62. The summed E-state index contributed by atoms with van der Waals surface area (Å²) in [5.74, 6) is 0.722.